The molecule has 0 atom stereocenters. The first-order chi connectivity index (χ1) is 9.29. The highest BCUT2D eigenvalue weighted by Crippen LogP contribution is 2.34. The number of likely N-dealkylation sites (tertiary alicyclic amines) is 1. The topological polar surface area (TPSA) is 20.3 Å². The summed E-state index contributed by atoms with van der Waals surface area (Å²) in [6, 6.07) is 4.89. The summed E-state index contributed by atoms with van der Waals surface area (Å²) in [7, 11) is 0. The zero-order chi connectivity index (χ0) is 14.9. The van der Waals surface area contributed by atoms with E-state index < -0.39 is 12.1 Å². The minimum absolute atomic E-state index is 0.0284. The molecule has 2 rings (SSSR count). The number of piperidine rings is 1. The molecule has 0 unspecified atom stereocenters. The van der Waals surface area contributed by atoms with Crippen molar-refractivity contribution in [3.63, 3.8) is 0 Å². The number of carbonyl (C=O) groups excluding carboxylic acids is 1. The SMILES string of the molecule is O=C(c1ccc(Cl)cc1I)N1CCC(C(F)(F)F)CC1. The monoisotopic (exact) mass is 417 g/mol. The van der Waals surface area contributed by atoms with Gasteiger partial charge >= 0.3 is 6.18 Å². The van der Waals surface area contributed by atoms with Gasteiger partial charge in [-0.05, 0) is 53.6 Å². The van der Waals surface area contributed by atoms with E-state index in [2.05, 4.69) is 0 Å². The molecule has 1 heterocycles. The first-order valence-corrected chi connectivity index (χ1v) is 7.56. The fourth-order valence-electron chi connectivity index (χ4n) is 2.24. The molecule has 1 aromatic carbocycles. The molecule has 0 saturated carbocycles. The molecule has 2 nitrogen and oxygen atoms in total. The van der Waals surface area contributed by atoms with Gasteiger partial charge in [-0.1, -0.05) is 11.6 Å². The Morgan fingerprint density at radius 2 is 1.90 bits per heavy atom. The Bertz CT molecular complexity index is 513. The van der Waals surface area contributed by atoms with Gasteiger partial charge in [-0.3, -0.25) is 4.79 Å². The molecule has 1 aliphatic rings. The van der Waals surface area contributed by atoms with Crippen LogP contribution in [0.15, 0.2) is 18.2 Å². The molecule has 7 heteroatoms. The van der Waals surface area contributed by atoms with Crippen LogP contribution in [0.5, 0.6) is 0 Å². The van der Waals surface area contributed by atoms with Gasteiger partial charge in [-0.15, -0.1) is 0 Å². The summed E-state index contributed by atoms with van der Waals surface area (Å²) in [6.07, 6.45) is -4.22. The van der Waals surface area contributed by atoms with E-state index in [1.54, 1.807) is 18.2 Å². The first-order valence-electron chi connectivity index (χ1n) is 6.10. The normalized spacial score (nSPS) is 17.4. The summed E-state index contributed by atoms with van der Waals surface area (Å²) >= 11 is 7.82. The molecule has 0 N–H and O–H groups in total. The van der Waals surface area contributed by atoms with E-state index in [1.807, 2.05) is 22.6 Å². The van der Waals surface area contributed by atoms with E-state index in [1.165, 1.54) is 4.90 Å². The number of hydrogen-bond donors (Lipinski definition) is 0. The molecule has 0 radical (unpaired) electrons. The number of rotatable bonds is 1. The van der Waals surface area contributed by atoms with Gasteiger partial charge in [0.2, 0.25) is 0 Å². The van der Waals surface area contributed by atoms with E-state index in [0.717, 1.165) is 0 Å². The third-order valence-electron chi connectivity index (χ3n) is 3.41. The molecule has 0 spiro atoms. The van der Waals surface area contributed by atoms with E-state index in [4.69, 9.17) is 11.6 Å². The van der Waals surface area contributed by atoms with Gasteiger partial charge in [0.15, 0.2) is 0 Å². The predicted octanol–water partition coefficient (Wildman–Crippen LogP) is 4.36. The Kier molecular flexibility index (Phi) is 4.84. The third kappa shape index (κ3) is 3.58. The van der Waals surface area contributed by atoms with Crippen molar-refractivity contribution in [1.82, 2.24) is 4.90 Å². The predicted molar refractivity (Wildman–Crippen MR) is 78.9 cm³/mol. The summed E-state index contributed by atoms with van der Waals surface area (Å²) in [4.78, 5) is 13.8. The van der Waals surface area contributed by atoms with Crippen LogP contribution in [0.2, 0.25) is 5.02 Å². The second-order valence-electron chi connectivity index (χ2n) is 4.73. The van der Waals surface area contributed by atoms with Crippen LogP contribution in [-0.2, 0) is 0 Å². The van der Waals surface area contributed by atoms with Gasteiger partial charge < -0.3 is 4.90 Å². The summed E-state index contributed by atoms with van der Waals surface area (Å²) in [5, 5.41) is 0.529. The number of nitrogens with zero attached hydrogens (tertiary/aromatic N) is 1. The van der Waals surface area contributed by atoms with Crippen molar-refractivity contribution in [1.29, 1.82) is 0 Å². The van der Waals surface area contributed by atoms with Gasteiger partial charge in [-0.25, -0.2) is 0 Å². The largest absolute Gasteiger partial charge is 0.391 e. The van der Waals surface area contributed by atoms with Crippen molar-refractivity contribution in [3.05, 3.63) is 32.4 Å². The van der Waals surface area contributed by atoms with Crippen LogP contribution in [0.3, 0.4) is 0 Å². The van der Waals surface area contributed by atoms with E-state index >= 15 is 0 Å². The molecule has 1 fully saturated rings. The molecule has 20 heavy (non-hydrogen) atoms. The van der Waals surface area contributed by atoms with Crippen LogP contribution >= 0.6 is 34.2 Å². The first kappa shape index (κ1) is 15.9. The average molecular weight is 418 g/mol. The van der Waals surface area contributed by atoms with Gasteiger partial charge in [-0.2, -0.15) is 13.2 Å². The fourth-order valence-corrected chi connectivity index (χ4v) is 3.35. The van der Waals surface area contributed by atoms with Crippen molar-refractivity contribution < 1.29 is 18.0 Å². The summed E-state index contributed by atoms with van der Waals surface area (Å²) in [6.45, 7) is 0.281. The smallest absolute Gasteiger partial charge is 0.339 e. The van der Waals surface area contributed by atoms with E-state index in [-0.39, 0.29) is 31.8 Å². The Hall–Kier alpha value is -0.500. The van der Waals surface area contributed by atoms with Crippen molar-refractivity contribution in [2.75, 3.05) is 13.1 Å². The summed E-state index contributed by atoms with van der Waals surface area (Å²) in [5.74, 6) is -1.53. The van der Waals surface area contributed by atoms with Crippen LogP contribution in [0.1, 0.15) is 23.2 Å². The van der Waals surface area contributed by atoms with E-state index in [9.17, 15) is 18.0 Å². The molecule has 0 aromatic heterocycles. The maximum absolute atomic E-state index is 12.6. The molecule has 1 aliphatic heterocycles. The van der Waals surface area contributed by atoms with Crippen LogP contribution in [0, 0.1) is 9.49 Å². The zero-order valence-electron chi connectivity index (χ0n) is 10.4. The molecule has 1 aromatic rings. The maximum Gasteiger partial charge on any atom is 0.391 e. The number of hydrogen-bond acceptors (Lipinski definition) is 1. The van der Waals surface area contributed by atoms with Crippen LogP contribution in [-0.4, -0.2) is 30.1 Å². The zero-order valence-corrected chi connectivity index (χ0v) is 13.3. The van der Waals surface area contributed by atoms with Crippen molar-refractivity contribution >= 4 is 40.1 Å². The third-order valence-corrected chi connectivity index (χ3v) is 4.53. The highest BCUT2D eigenvalue weighted by Gasteiger charge is 2.41. The Morgan fingerprint density at radius 1 is 1.30 bits per heavy atom. The lowest BCUT2D eigenvalue weighted by molar-refractivity contribution is -0.183. The molecular formula is C13H12ClF3INO. The average Bonchev–Trinajstić information content (AvgIpc) is 2.37. The Balaban J connectivity index is 2.05. The molecule has 1 saturated heterocycles. The molecule has 110 valence electrons. The lowest BCUT2D eigenvalue weighted by atomic mass is 9.96. The second kappa shape index (κ2) is 6.09. The van der Waals surface area contributed by atoms with Gasteiger partial charge in [0.05, 0.1) is 11.5 Å². The minimum atomic E-state index is -4.16. The highest BCUT2D eigenvalue weighted by molar-refractivity contribution is 14.1. The fraction of sp³-hybridized carbons (Fsp3) is 0.462. The number of amides is 1. The standard InChI is InChI=1S/C13H12ClF3INO/c14-9-1-2-10(11(18)7-9)12(20)19-5-3-8(4-6-19)13(15,16)17/h1-2,7-8H,3-6H2. The van der Waals surface area contributed by atoms with Crippen LogP contribution < -0.4 is 0 Å². The van der Waals surface area contributed by atoms with Gasteiger partial charge in [0, 0.05) is 21.7 Å². The quantitative estimate of drug-likeness (QED) is 0.622. The molecule has 1 amide bonds. The summed E-state index contributed by atoms with van der Waals surface area (Å²) in [5.41, 5.74) is 0.487. The molecule has 0 aliphatic carbocycles. The van der Waals surface area contributed by atoms with Crippen molar-refractivity contribution in [3.8, 4) is 0 Å². The number of carbonyl (C=O) groups is 1. The minimum Gasteiger partial charge on any atom is -0.339 e. The van der Waals surface area contributed by atoms with Crippen molar-refractivity contribution in [2.24, 2.45) is 5.92 Å². The van der Waals surface area contributed by atoms with E-state index in [0.29, 0.717) is 14.2 Å². The van der Waals surface area contributed by atoms with Crippen LogP contribution in [0.25, 0.3) is 0 Å². The second-order valence-corrected chi connectivity index (χ2v) is 6.33. The number of halogens is 5. The Labute approximate surface area is 133 Å². The lowest BCUT2D eigenvalue weighted by Crippen LogP contribution is -2.42. The highest BCUT2D eigenvalue weighted by atomic mass is 127. The van der Waals surface area contributed by atoms with Crippen molar-refractivity contribution in [2.45, 2.75) is 19.0 Å². The number of benzene rings is 1. The summed E-state index contributed by atoms with van der Waals surface area (Å²) < 4.78 is 38.5. The lowest BCUT2D eigenvalue weighted by Gasteiger charge is -2.33. The Morgan fingerprint density at radius 3 is 2.40 bits per heavy atom. The molecular weight excluding hydrogens is 406 g/mol. The van der Waals surface area contributed by atoms with Gasteiger partial charge in [0.25, 0.3) is 5.91 Å². The molecule has 0 bridgehead atoms. The van der Waals surface area contributed by atoms with Crippen LogP contribution in [0.4, 0.5) is 13.2 Å². The number of alkyl halides is 3. The van der Waals surface area contributed by atoms with Gasteiger partial charge in [0.1, 0.15) is 0 Å². The maximum atomic E-state index is 12.6.